The molecule has 0 fully saturated rings. The van der Waals surface area contributed by atoms with Gasteiger partial charge in [-0.2, -0.15) is 11.3 Å². The zero-order chi connectivity index (χ0) is 13.2. The van der Waals surface area contributed by atoms with Gasteiger partial charge in [-0.3, -0.25) is 4.79 Å². The SMILES string of the molecule is CNC(c1ccsc1)c1ccc2c(c1)C(=O)NCC2. The number of nitrogens with one attached hydrogen (secondary N) is 2. The fraction of sp³-hybridized carbons (Fsp3) is 0.267. The fourth-order valence-electron chi connectivity index (χ4n) is 2.57. The van der Waals surface area contributed by atoms with Gasteiger partial charge in [0, 0.05) is 12.1 Å². The molecule has 0 radical (unpaired) electrons. The number of amides is 1. The van der Waals surface area contributed by atoms with Crippen LogP contribution in [0.5, 0.6) is 0 Å². The Morgan fingerprint density at radius 2 is 2.21 bits per heavy atom. The van der Waals surface area contributed by atoms with E-state index in [9.17, 15) is 4.79 Å². The van der Waals surface area contributed by atoms with Gasteiger partial charge >= 0.3 is 0 Å². The molecule has 0 spiro atoms. The lowest BCUT2D eigenvalue weighted by molar-refractivity contribution is 0.0946. The summed E-state index contributed by atoms with van der Waals surface area (Å²) >= 11 is 1.69. The van der Waals surface area contributed by atoms with Gasteiger partial charge in [0.1, 0.15) is 0 Å². The van der Waals surface area contributed by atoms with E-state index < -0.39 is 0 Å². The molecule has 0 bridgehead atoms. The van der Waals surface area contributed by atoms with Crippen LogP contribution in [0, 0.1) is 0 Å². The van der Waals surface area contributed by atoms with Crippen LogP contribution in [0.4, 0.5) is 0 Å². The van der Waals surface area contributed by atoms with E-state index in [2.05, 4.69) is 39.6 Å². The first-order chi connectivity index (χ1) is 9.29. The number of hydrogen-bond acceptors (Lipinski definition) is 3. The number of rotatable bonds is 3. The average Bonchev–Trinajstić information content (AvgIpc) is 2.94. The zero-order valence-corrected chi connectivity index (χ0v) is 11.6. The molecule has 2 N–H and O–H groups in total. The molecule has 98 valence electrons. The molecule has 1 aromatic carbocycles. The van der Waals surface area contributed by atoms with Gasteiger partial charge in [-0.15, -0.1) is 0 Å². The van der Waals surface area contributed by atoms with Crippen molar-refractivity contribution < 1.29 is 4.79 Å². The summed E-state index contributed by atoms with van der Waals surface area (Å²) in [5, 5.41) is 10.4. The number of thiophene rings is 1. The highest BCUT2D eigenvalue weighted by Gasteiger charge is 2.19. The largest absolute Gasteiger partial charge is 0.352 e. The molecule has 1 aliphatic heterocycles. The maximum Gasteiger partial charge on any atom is 0.251 e. The van der Waals surface area contributed by atoms with Crippen molar-refractivity contribution in [3.63, 3.8) is 0 Å². The summed E-state index contributed by atoms with van der Waals surface area (Å²) < 4.78 is 0. The van der Waals surface area contributed by atoms with Crippen LogP contribution < -0.4 is 10.6 Å². The van der Waals surface area contributed by atoms with Gasteiger partial charge < -0.3 is 10.6 Å². The Bertz CT molecular complexity index is 592. The highest BCUT2D eigenvalue weighted by molar-refractivity contribution is 7.08. The molecular formula is C15H16N2OS. The minimum Gasteiger partial charge on any atom is -0.352 e. The van der Waals surface area contributed by atoms with Crippen LogP contribution >= 0.6 is 11.3 Å². The molecule has 1 aliphatic rings. The molecule has 0 saturated carbocycles. The summed E-state index contributed by atoms with van der Waals surface area (Å²) in [5.41, 5.74) is 4.34. The minimum atomic E-state index is 0.0447. The minimum absolute atomic E-state index is 0.0447. The van der Waals surface area contributed by atoms with Crippen molar-refractivity contribution in [3.05, 3.63) is 57.3 Å². The van der Waals surface area contributed by atoms with Crippen LogP contribution in [0.2, 0.25) is 0 Å². The Balaban J connectivity index is 2.01. The van der Waals surface area contributed by atoms with Gasteiger partial charge in [-0.05, 0) is 53.1 Å². The second-order valence-corrected chi connectivity index (χ2v) is 5.48. The number of carbonyl (C=O) groups excluding carboxylic acids is 1. The van der Waals surface area contributed by atoms with Gasteiger partial charge in [0.2, 0.25) is 0 Å². The van der Waals surface area contributed by atoms with Crippen molar-refractivity contribution in [2.45, 2.75) is 12.5 Å². The Hall–Kier alpha value is -1.65. The third-order valence-electron chi connectivity index (χ3n) is 3.56. The van der Waals surface area contributed by atoms with Gasteiger partial charge in [-0.1, -0.05) is 12.1 Å². The van der Waals surface area contributed by atoms with Crippen molar-refractivity contribution >= 4 is 17.2 Å². The van der Waals surface area contributed by atoms with Crippen molar-refractivity contribution in [2.75, 3.05) is 13.6 Å². The van der Waals surface area contributed by atoms with Gasteiger partial charge in [0.15, 0.2) is 0 Å². The number of fused-ring (bicyclic) bond motifs is 1. The molecule has 1 atom stereocenters. The molecule has 2 aromatic rings. The van der Waals surface area contributed by atoms with Crippen molar-refractivity contribution in [1.82, 2.24) is 10.6 Å². The van der Waals surface area contributed by atoms with Crippen LogP contribution in [-0.4, -0.2) is 19.5 Å². The van der Waals surface area contributed by atoms with E-state index in [-0.39, 0.29) is 11.9 Å². The summed E-state index contributed by atoms with van der Waals surface area (Å²) in [7, 11) is 1.95. The highest BCUT2D eigenvalue weighted by atomic mass is 32.1. The molecule has 0 aliphatic carbocycles. The maximum atomic E-state index is 11.9. The average molecular weight is 272 g/mol. The zero-order valence-electron chi connectivity index (χ0n) is 10.8. The fourth-order valence-corrected chi connectivity index (χ4v) is 3.26. The monoisotopic (exact) mass is 272 g/mol. The second-order valence-electron chi connectivity index (χ2n) is 4.70. The molecule has 1 unspecified atom stereocenters. The quantitative estimate of drug-likeness (QED) is 0.900. The molecule has 19 heavy (non-hydrogen) atoms. The van der Waals surface area contributed by atoms with Crippen molar-refractivity contribution in [1.29, 1.82) is 0 Å². The molecule has 1 amide bonds. The van der Waals surface area contributed by atoms with E-state index in [1.54, 1.807) is 11.3 Å². The topological polar surface area (TPSA) is 41.1 Å². The smallest absolute Gasteiger partial charge is 0.251 e. The lowest BCUT2D eigenvalue weighted by atomic mass is 9.93. The van der Waals surface area contributed by atoms with Gasteiger partial charge in [-0.25, -0.2) is 0 Å². The first kappa shape index (κ1) is 12.4. The van der Waals surface area contributed by atoms with E-state index >= 15 is 0 Å². The van der Waals surface area contributed by atoms with Gasteiger partial charge in [0.05, 0.1) is 6.04 Å². The van der Waals surface area contributed by atoms with E-state index in [1.807, 2.05) is 13.1 Å². The summed E-state index contributed by atoms with van der Waals surface area (Å²) in [6.07, 6.45) is 0.921. The lowest BCUT2D eigenvalue weighted by Crippen LogP contribution is -2.32. The molecule has 4 heteroatoms. The Morgan fingerprint density at radius 1 is 1.32 bits per heavy atom. The van der Waals surface area contributed by atoms with E-state index in [0.29, 0.717) is 0 Å². The molecule has 1 aromatic heterocycles. The number of hydrogen-bond donors (Lipinski definition) is 2. The first-order valence-electron chi connectivity index (χ1n) is 6.40. The van der Waals surface area contributed by atoms with Crippen LogP contribution in [-0.2, 0) is 6.42 Å². The van der Waals surface area contributed by atoms with E-state index in [1.165, 1.54) is 5.56 Å². The summed E-state index contributed by atoms with van der Waals surface area (Å²) in [6, 6.07) is 8.48. The molecule has 3 rings (SSSR count). The predicted octanol–water partition coefficient (Wildman–Crippen LogP) is 2.34. The van der Waals surface area contributed by atoms with Crippen LogP contribution in [0.1, 0.15) is 33.1 Å². The normalized spacial score (nSPS) is 15.7. The molecule has 0 saturated heterocycles. The number of carbonyl (C=O) groups is 1. The standard InChI is InChI=1S/C15H16N2OS/c1-16-14(12-5-7-19-9-12)11-3-2-10-4-6-17-15(18)13(10)8-11/h2-3,5,7-9,14,16H,4,6H2,1H3,(H,17,18). The molecule has 3 nitrogen and oxygen atoms in total. The van der Waals surface area contributed by atoms with Crippen molar-refractivity contribution in [2.24, 2.45) is 0 Å². The molecular weight excluding hydrogens is 256 g/mol. The van der Waals surface area contributed by atoms with E-state index in [4.69, 9.17) is 0 Å². The summed E-state index contributed by atoms with van der Waals surface area (Å²) in [4.78, 5) is 11.9. The lowest BCUT2D eigenvalue weighted by Gasteiger charge is -2.21. The van der Waals surface area contributed by atoms with Crippen LogP contribution in [0.3, 0.4) is 0 Å². The Kier molecular flexibility index (Phi) is 3.36. The Morgan fingerprint density at radius 3 is 2.95 bits per heavy atom. The van der Waals surface area contributed by atoms with Crippen molar-refractivity contribution in [3.8, 4) is 0 Å². The van der Waals surface area contributed by atoms with Crippen LogP contribution in [0.15, 0.2) is 35.0 Å². The third kappa shape index (κ3) is 2.29. The maximum absolute atomic E-state index is 11.9. The molecule has 2 heterocycles. The predicted molar refractivity (Wildman–Crippen MR) is 77.7 cm³/mol. The summed E-state index contributed by atoms with van der Waals surface area (Å²) in [5.74, 6) is 0.0447. The van der Waals surface area contributed by atoms with Gasteiger partial charge in [0.25, 0.3) is 5.91 Å². The number of benzene rings is 1. The third-order valence-corrected chi connectivity index (χ3v) is 4.26. The van der Waals surface area contributed by atoms with E-state index in [0.717, 1.165) is 29.7 Å². The Labute approximate surface area is 116 Å². The summed E-state index contributed by atoms with van der Waals surface area (Å²) in [6.45, 7) is 0.741. The second kappa shape index (κ2) is 5.15. The highest BCUT2D eigenvalue weighted by Crippen LogP contribution is 2.26. The first-order valence-corrected chi connectivity index (χ1v) is 7.34. The van der Waals surface area contributed by atoms with Crippen LogP contribution in [0.25, 0.3) is 0 Å².